The highest BCUT2D eigenvalue weighted by atomic mass is 32.1. The lowest BCUT2D eigenvalue weighted by Crippen LogP contribution is -2.11. The fourth-order valence-electron chi connectivity index (χ4n) is 3.10. The monoisotopic (exact) mass is 442 g/mol. The minimum Gasteiger partial charge on any atom is -0.342 e. The number of aromatic nitrogens is 3. The van der Waals surface area contributed by atoms with Crippen molar-refractivity contribution in [2.24, 2.45) is 0 Å². The number of imidazole rings is 1. The van der Waals surface area contributed by atoms with Crippen LogP contribution >= 0.6 is 11.3 Å². The Balaban J connectivity index is 1.49. The van der Waals surface area contributed by atoms with E-state index in [4.69, 9.17) is 0 Å². The molecule has 4 aromatic rings. The molecule has 0 aliphatic heterocycles. The number of aromatic amines is 1. The summed E-state index contributed by atoms with van der Waals surface area (Å²) >= 11 is 1.34. The van der Waals surface area contributed by atoms with Crippen LogP contribution in [0.3, 0.4) is 0 Å². The summed E-state index contributed by atoms with van der Waals surface area (Å²) < 4.78 is 39.0. The molecular formula is C22H17F3N4OS. The Hall–Kier alpha value is -3.46. The lowest BCUT2D eigenvalue weighted by atomic mass is 9.98. The normalized spacial score (nSPS) is 12.5. The van der Waals surface area contributed by atoms with Crippen LogP contribution in [0.1, 0.15) is 40.3 Å². The Morgan fingerprint density at radius 2 is 1.90 bits per heavy atom. The van der Waals surface area contributed by atoms with Gasteiger partial charge >= 0.3 is 6.18 Å². The summed E-state index contributed by atoms with van der Waals surface area (Å²) in [4.78, 5) is 23.6. The molecule has 0 aliphatic carbocycles. The van der Waals surface area contributed by atoms with Gasteiger partial charge in [0, 0.05) is 17.0 Å². The van der Waals surface area contributed by atoms with Gasteiger partial charge in [-0.2, -0.15) is 13.2 Å². The van der Waals surface area contributed by atoms with E-state index in [9.17, 15) is 18.0 Å². The number of carbonyl (C=O) groups is 1. The van der Waals surface area contributed by atoms with Gasteiger partial charge in [-0.3, -0.25) is 4.79 Å². The number of benzene rings is 2. The molecule has 1 amide bonds. The van der Waals surface area contributed by atoms with Crippen LogP contribution in [-0.4, -0.2) is 20.9 Å². The van der Waals surface area contributed by atoms with Crippen molar-refractivity contribution in [2.75, 3.05) is 5.32 Å². The molecule has 0 saturated carbocycles. The van der Waals surface area contributed by atoms with Crippen molar-refractivity contribution in [3.05, 3.63) is 88.3 Å². The number of nitrogens with zero attached hydrogens (tertiary/aromatic N) is 2. The van der Waals surface area contributed by atoms with Gasteiger partial charge in [-0.1, -0.05) is 37.3 Å². The molecule has 0 fully saturated rings. The molecule has 0 radical (unpaired) electrons. The number of halogens is 3. The highest BCUT2D eigenvalue weighted by Gasteiger charge is 2.31. The largest absolute Gasteiger partial charge is 0.416 e. The number of hydrogen-bond acceptors (Lipinski definition) is 4. The summed E-state index contributed by atoms with van der Waals surface area (Å²) in [5.41, 5.74) is 3.98. The molecule has 4 rings (SSSR count). The molecule has 0 bridgehead atoms. The van der Waals surface area contributed by atoms with Gasteiger partial charge in [0.1, 0.15) is 11.5 Å². The maximum atomic E-state index is 13.0. The molecule has 158 valence electrons. The molecule has 5 nitrogen and oxygen atoms in total. The van der Waals surface area contributed by atoms with Crippen LogP contribution in [0.15, 0.2) is 65.6 Å². The summed E-state index contributed by atoms with van der Waals surface area (Å²) in [7, 11) is 0. The first-order chi connectivity index (χ1) is 14.8. The molecule has 1 atom stereocenters. The van der Waals surface area contributed by atoms with Crippen molar-refractivity contribution in [1.29, 1.82) is 0 Å². The van der Waals surface area contributed by atoms with E-state index in [0.717, 1.165) is 23.4 Å². The third-order valence-corrected chi connectivity index (χ3v) is 5.42. The highest BCUT2D eigenvalue weighted by Crippen LogP contribution is 2.32. The van der Waals surface area contributed by atoms with Gasteiger partial charge in [0.15, 0.2) is 0 Å². The van der Waals surface area contributed by atoms with E-state index >= 15 is 0 Å². The number of amides is 1. The predicted octanol–water partition coefficient (Wildman–Crippen LogP) is 5.96. The van der Waals surface area contributed by atoms with Gasteiger partial charge in [-0.15, -0.1) is 11.3 Å². The van der Waals surface area contributed by atoms with Crippen molar-refractivity contribution in [1.82, 2.24) is 15.0 Å². The van der Waals surface area contributed by atoms with Gasteiger partial charge < -0.3 is 10.3 Å². The maximum Gasteiger partial charge on any atom is 0.416 e. The SMILES string of the molecule is CC(c1cccc(C(F)(F)F)c1)c1ncc(-c2ccc(NC(=O)c3cscn3)cc2)[nH]1. The second kappa shape index (κ2) is 8.35. The smallest absolute Gasteiger partial charge is 0.342 e. The second-order valence-electron chi connectivity index (χ2n) is 6.93. The number of hydrogen-bond donors (Lipinski definition) is 2. The average molecular weight is 442 g/mol. The lowest BCUT2D eigenvalue weighted by Gasteiger charge is -2.12. The molecule has 2 heterocycles. The third kappa shape index (κ3) is 4.66. The van der Waals surface area contributed by atoms with Gasteiger partial charge in [0.05, 0.1) is 23.0 Å². The van der Waals surface area contributed by atoms with Crippen LogP contribution in [0.5, 0.6) is 0 Å². The predicted molar refractivity (Wildman–Crippen MR) is 113 cm³/mol. The number of rotatable bonds is 5. The third-order valence-electron chi connectivity index (χ3n) is 4.84. The average Bonchev–Trinajstić information content (AvgIpc) is 3.46. The van der Waals surface area contributed by atoms with Crippen LogP contribution < -0.4 is 5.32 Å². The Bertz CT molecular complexity index is 1180. The van der Waals surface area contributed by atoms with Crippen LogP contribution in [0, 0.1) is 0 Å². The first-order valence-corrected chi connectivity index (χ1v) is 10.3. The number of thiazole rings is 1. The number of H-pyrrole nitrogens is 1. The molecule has 1 unspecified atom stereocenters. The van der Waals surface area contributed by atoms with Crippen molar-refractivity contribution in [2.45, 2.75) is 19.0 Å². The van der Waals surface area contributed by atoms with Crippen molar-refractivity contribution < 1.29 is 18.0 Å². The molecule has 2 aromatic heterocycles. The highest BCUT2D eigenvalue weighted by molar-refractivity contribution is 7.07. The Kier molecular flexibility index (Phi) is 5.60. The minimum atomic E-state index is -4.39. The van der Waals surface area contributed by atoms with E-state index in [0.29, 0.717) is 22.8 Å². The second-order valence-corrected chi connectivity index (χ2v) is 7.65. The Morgan fingerprint density at radius 1 is 1.13 bits per heavy atom. The summed E-state index contributed by atoms with van der Waals surface area (Å²) in [6.07, 6.45) is -2.75. The standard InChI is InChI=1S/C22H17F3N4OS/c1-13(15-3-2-4-16(9-15)22(23,24)25)20-26-10-18(29-20)14-5-7-17(8-6-14)28-21(30)19-11-31-12-27-19/h2-13H,1H3,(H,26,29)(H,28,30). The molecule has 9 heteroatoms. The quantitative estimate of drug-likeness (QED) is 0.401. The van der Waals surface area contributed by atoms with E-state index < -0.39 is 11.7 Å². The fourth-order valence-corrected chi connectivity index (χ4v) is 3.63. The van der Waals surface area contributed by atoms with Crippen molar-refractivity contribution in [3.8, 4) is 11.3 Å². The molecule has 2 N–H and O–H groups in total. The number of alkyl halides is 3. The molecule has 0 aliphatic rings. The zero-order valence-electron chi connectivity index (χ0n) is 16.3. The Labute approximate surface area is 180 Å². The zero-order chi connectivity index (χ0) is 22.0. The first-order valence-electron chi connectivity index (χ1n) is 9.33. The van der Waals surface area contributed by atoms with E-state index in [-0.39, 0.29) is 11.8 Å². The van der Waals surface area contributed by atoms with Gasteiger partial charge in [-0.25, -0.2) is 9.97 Å². The summed E-state index contributed by atoms with van der Waals surface area (Å²) in [6, 6.07) is 12.4. The van der Waals surface area contributed by atoms with Crippen LogP contribution in [0.4, 0.5) is 18.9 Å². The maximum absolute atomic E-state index is 13.0. The summed E-state index contributed by atoms with van der Waals surface area (Å²) in [5.74, 6) is -0.0595. The zero-order valence-corrected chi connectivity index (χ0v) is 17.1. The van der Waals surface area contributed by atoms with Crippen LogP contribution in [-0.2, 0) is 6.18 Å². The molecule has 2 aromatic carbocycles. The van der Waals surface area contributed by atoms with E-state index in [1.54, 1.807) is 42.2 Å². The molecular weight excluding hydrogens is 425 g/mol. The van der Waals surface area contributed by atoms with E-state index in [2.05, 4.69) is 20.3 Å². The summed E-state index contributed by atoms with van der Waals surface area (Å²) in [5, 5.41) is 4.44. The van der Waals surface area contributed by atoms with Crippen LogP contribution in [0.2, 0.25) is 0 Å². The lowest BCUT2D eigenvalue weighted by molar-refractivity contribution is -0.137. The Morgan fingerprint density at radius 3 is 2.58 bits per heavy atom. The topological polar surface area (TPSA) is 70.7 Å². The minimum absolute atomic E-state index is 0.285. The molecule has 0 saturated heterocycles. The molecule has 0 spiro atoms. The summed E-state index contributed by atoms with van der Waals surface area (Å²) in [6.45, 7) is 1.80. The van der Waals surface area contributed by atoms with Crippen molar-refractivity contribution >= 4 is 22.9 Å². The van der Waals surface area contributed by atoms with Crippen LogP contribution in [0.25, 0.3) is 11.3 Å². The van der Waals surface area contributed by atoms with Gasteiger partial charge in [0.25, 0.3) is 5.91 Å². The van der Waals surface area contributed by atoms with E-state index in [1.165, 1.54) is 17.4 Å². The first kappa shape index (κ1) is 20.8. The van der Waals surface area contributed by atoms with E-state index in [1.807, 2.05) is 12.1 Å². The van der Waals surface area contributed by atoms with Gasteiger partial charge in [0.2, 0.25) is 0 Å². The number of nitrogens with one attached hydrogen (secondary N) is 2. The van der Waals surface area contributed by atoms with Gasteiger partial charge in [-0.05, 0) is 29.3 Å². The number of anilines is 1. The molecule has 31 heavy (non-hydrogen) atoms. The fraction of sp³-hybridized carbons (Fsp3) is 0.136. The van der Waals surface area contributed by atoms with Crippen molar-refractivity contribution in [3.63, 3.8) is 0 Å². The number of carbonyl (C=O) groups excluding carboxylic acids is 1.